The average molecular weight is 701 g/mol. The molecule has 4 aromatic rings. The SMILES string of the molecule is CC(C)c1ccc(-c2ccccc2OP2OCC3(CO2)COP(Oc2ccccc2-c2ccc(C(C)C)cc2C(C)C)OC3)c(C(C)C)c1. The second-order valence-electron chi connectivity index (χ2n) is 14.5. The zero-order valence-electron chi connectivity index (χ0n) is 30.1. The molecule has 0 N–H and O–H groups in total. The van der Waals surface area contributed by atoms with Gasteiger partial charge in [-0.25, -0.2) is 0 Å². The quantitative estimate of drug-likeness (QED) is 0.154. The number of para-hydroxylation sites is 2. The van der Waals surface area contributed by atoms with Gasteiger partial charge in [-0.2, -0.15) is 0 Å². The summed E-state index contributed by atoms with van der Waals surface area (Å²) in [6.07, 6.45) is 0. The van der Waals surface area contributed by atoms with Crippen LogP contribution in [-0.4, -0.2) is 26.4 Å². The Labute approximate surface area is 295 Å². The summed E-state index contributed by atoms with van der Waals surface area (Å²) in [7, 11) is -3.16. The van der Waals surface area contributed by atoms with Gasteiger partial charge in [0.25, 0.3) is 0 Å². The molecule has 2 aliphatic heterocycles. The third-order valence-corrected chi connectivity index (χ3v) is 11.4. The number of hydrogen-bond acceptors (Lipinski definition) is 6. The summed E-state index contributed by atoms with van der Waals surface area (Å²) in [6.45, 7) is 19.5. The van der Waals surface area contributed by atoms with E-state index in [2.05, 4.69) is 116 Å². The Kier molecular flexibility index (Phi) is 11.5. The maximum atomic E-state index is 6.41. The second-order valence-corrected chi connectivity index (χ2v) is 16.8. The predicted molar refractivity (Wildman–Crippen MR) is 201 cm³/mol. The van der Waals surface area contributed by atoms with Crippen LogP contribution in [0.3, 0.4) is 0 Å². The van der Waals surface area contributed by atoms with Crippen LogP contribution in [0.25, 0.3) is 22.3 Å². The first-order valence-corrected chi connectivity index (χ1v) is 19.7. The van der Waals surface area contributed by atoms with Crippen LogP contribution in [0.1, 0.15) is 101 Å². The molecule has 0 unspecified atom stereocenters. The van der Waals surface area contributed by atoms with Gasteiger partial charge in [0, 0.05) is 11.1 Å². The van der Waals surface area contributed by atoms with Crippen LogP contribution < -0.4 is 9.05 Å². The van der Waals surface area contributed by atoms with E-state index in [1.165, 1.54) is 33.4 Å². The van der Waals surface area contributed by atoms with E-state index in [1.54, 1.807) is 0 Å². The Morgan fingerprint density at radius 2 is 0.837 bits per heavy atom. The highest BCUT2D eigenvalue weighted by Gasteiger charge is 2.45. The van der Waals surface area contributed by atoms with Crippen molar-refractivity contribution in [3.05, 3.63) is 107 Å². The fraction of sp³-hybridized carbons (Fsp3) is 0.415. The van der Waals surface area contributed by atoms with Gasteiger partial charge in [-0.05, 0) is 69.2 Å². The van der Waals surface area contributed by atoms with Gasteiger partial charge in [-0.3, -0.25) is 0 Å². The Bertz CT molecular complexity index is 1590. The Morgan fingerprint density at radius 1 is 0.469 bits per heavy atom. The summed E-state index contributed by atoms with van der Waals surface area (Å²) in [5.74, 6) is 3.20. The van der Waals surface area contributed by atoms with Crippen molar-refractivity contribution in [2.45, 2.75) is 79.1 Å². The van der Waals surface area contributed by atoms with Crippen molar-refractivity contribution in [3.8, 4) is 33.8 Å². The zero-order valence-corrected chi connectivity index (χ0v) is 31.9. The van der Waals surface area contributed by atoms with Gasteiger partial charge in [0.15, 0.2) is 0 Å². The molecule has 0 radical (unpaired) electrons. The minimum absolute atomic E-state index is 0.373. The van der Waals surface area contributed by atoms with Crippen LogP contribution in [0.2, 0.25) is 0 Å². The molecule has 1 spiro atoms. The summed E-state index contributed by atoms with van der Waals surface area (Å²) in [4.78, 5) is 0. The van der Waals surface area contributed by atoms with E-state index in [1.807, 2.05) is 24.3 Å². The van der Waals surface area contributed by atoms with E-state index in [9.17, 15) is 0 Å². The lowest BCUT2D eigenvalue weighted by Gasteiger charge is -2.41. The van der Waals surface area contributed by atoms with Gasteiger partial charge >= 0.3 is 17.2 Å². The molecule has 0 aromatic heterocycles. The van der Waals surface area contributed by atoms with Gasteiger partial charge < -0.3 is 27.1 Å². The largest absolute Gasteiger partial charge is 0.426 e. The minimum atomic E-state index is -1.58. The van der Waals surface area contributed by atoms with Gasteiger partial charge in [-0.1, -0.05) is 128 Å². The molecule has 0 amide bonds. The Hall–Kier alpha value is -2.82. The molecule has 0 saturated carbocycles. The van der Waals surface area contributed by atoms with Crippen LogP contribution in [0, 0.1) is 5.41 Å². The normalized spacial score (nSPS) is 21.2. The van der Waals surface area contributed by atoms with E-state index in [0.29, 0.717) is 50.1 Å². The molecule has 0 aliphatic carbocycles. The summed E-state index contributed by atoms with van der Waals surface area (Å²) < 4.78 is 37.7. The van der Waals surface area contributed by atoms with Gasteiger partial charge in [0.05, 0.1) is 31.8 Å². The average Bonchev–Trinajstić information content (AvgIpc) is 3.10. The van der Waals surface area contributed by atoms with Crippen molar-refractivity contribution in [2.75, 3.05) is 26.4 Å². The third-order valence-electron chi connectivity index (χ3n) is 9.33. The lowest BCUT2D eigenvalue weighted by molar-refractivity contribution is -0.0672. The van der Waals surface area contributed by atoms with Crippen LogP contribution in [0.15, 0.2) is 84.9 Å². The molecule has 6 rings (SSSR count). The molecule has 0 bridgehead atoms. The molecule has 49 heavy (non-hydrogen) atoms. The maximum absolute atomic E-state index is 6.41. The van der Waals surface area contributed by atoms with Crippen molar-refractivity contribution >= 4 is 17.2 Å². The summed E-state index contributed by atoms with van der Waals surface area (Å²) in [5.41, 5.74) is 9.31. The second kappa shape index (κ2) is 15.6. The van der Waals surface area contributed by atoms with E-state index >= 15 is 0 Å². The highest BCUT2D eigenvalue weighted by Crippen LogP contribution is 2.55. The fourth-order valence-corrected chi connectivity index (χ4v) is 8.73. The van der Waals surface area contributed by atoms with Gasteiger partial charge in [-0.15, -0.1) is 0 Å². The van der Waals surface area contributed by atoms with Gasteiger partial charge in [0.1, 0.15) is 11.5 Å². The topological polar surface area (TPSA) is 55.4 Å². The van der Waals surface area contributed by atoms with E-state index in [4.69, 9.17) is 27.1 Å². The van der Waals surface area contributed by atoms with Crippen molar-refractivity contribution in [2.24, 2.45) is 5.41 Å². The zero-order chi connectivity index (χ0) is 34.7. The predicted octanol–water partition coefficient (Wildman–Crippen LogP) is 12.5. The Morgan fingerprint density at radius 3 is 1.18 bits per heavy atom. The van der Waals surface area contributed by atoms with E-state index in [0.717, 1.165) is 22.6 Å². The fourth-order valence-electron chi connectivity index (χ4n) is 6.21. The molecule has 2 saturated heterocycles. The van der Waals surface area contributed by atoms with Crippen molar-refractivity contribution in [1.82, 2.24) is 0 Å². The molecule has 260 valence electrons. The molecule has 2 heterocycles. The van der Waals surface area contributed by atoms with Crippen LogP contribution in [0.5, 0.6) is 11.5 Å². The number of rotatable bonds is 10. The van der Waals surface area contributed by atoms with Crippen LogP contribution >= 0.6 is 17.2 Å². The lowest BCUT2D eigenvalue weighted by atomic mass is 9.88. The minimum Gasteiger partial charge on any atom is -0.426 e. The van der Waals surface area contributed by atoms with Crippen molar-refractivity contribution in [3.63, 3.8) is 0 Å². The van der Waals surface area contributed by atoms with Crippen molar-refractivity contribution in [1.29, 1.82) is 0 Å². The smallest absolute Gasteiger partial charge is 0.397 e. The van der Waals surface area contributed by atoms with Gasteiger partial charge in [0.2, 0.25) is 0 Å². The molecule has 6 nitrogen and oxygen atoms in total. The first kappa shape index (κ1) is 36.0. The van der Waals surface area contributed by atoms with Crippen LogP contribution in [0.4, 0.5) is 0 Å². The first-order valence-electron chi connectivity index (χ1n) is 17.5. The number of benzene rings is 4. The molecule has 8 heteroatoms. The number of hydrogen-bond donors (Lipinski definition) is 0. The molecular weight excluding hydrogens is 650 g/mol. The van der Waals surface area contributed by atoms with E-state index in [-0.39, 0.29) is 0 Å². The summed E-state index contributed by atoms with van der Waals surface area (Å²) in [5, 5.41) is 0. The Balaban J connectivity index is 1.09. The third kappa shape index (κ3) is 8.23. The molecular formula is C41H50O6P2. The standard InChI is InChI=1S/C41H50O6P2/c1-27(2)31-17-19-33(37(21-31)29(5)6)35-13-9-11-15-39(35)46-48-42-23-41(24-43-48)25-44-49(45-26-41)47-40-16-12-10-14-36(40)34-20-18-32(28(3)4)22-38(34)30(7)8/h9-22,27-30H,23-26H2,1-8H3. The molecule has 0 atom stereocenters. The summed E-state index contributed by atoms with van der Waals surface area (Å²) >= 11 is 0. The molecule has 2 fully saturated rings. The molecule has 2 aliphatic rings. The first-order chi connectivity index (χ1) is 23.5. The highest BCUT2D eigenvalue weighted by molar-refractivity contribution is 7.42. The lowest BCUT2D eigenvalue weighted by Crippen LogP contribution is -2.45. The monoisotopic (exact) mass is 700 g/mol. The summed E-state index contributed by atoms with van der Waals surface area (Å²) in [6, 6.07) is 29.8. The maximum Gasteiger partial charge on any atom is 0.397 e. The van der Waals surface area contributed by atoms with E-state index < -0.39 is 22.6 Å². The molecule has 4 aromatic carbocycles. The van der Waals surface area contributed by atoms with Crippen LogP contribution in [-0.2, 0) is 18.1 Å². The highest BCUT2D eigenvalue weighted by atomic mass is 31.2. The van der Waals surface area contributed by atoms with Crippen molar-refractivity contribution < 1.29 is 27.1 Å².